The molecule has 0 heterocycles. The third-order valence-corrected chi connectivity index (χ3v) is 0.805. The molecule has 0 spiro atoms. The monoisotopic (exact) mass is 253 g/mol. The van der Waals surface area contributed by atoms with Crippen molar-refractivity contribution in [2.75, 3.05) is 0 Å². The summed E-state index contributed by atoms with van der Waals surface area (Å²) in [5, 5.41) is 32.5. The number of aliphatic carboxylic acids is 2. The van der Waals surface area contributed by atoms with Crippen LogP contribution in [-0.4, -0.2) is 44.6 Å². The summed E-state index contributed by atoms with van der Waals surface area (Å²) in [6, 6.07) is 0. The van der Waals surface area contributed by atoms with E-state index in [0.717, 1.165) is 0 Å². The quantitative estimate of drug-likeness (QED) is 0.427. The molecule has 0 rings (SSSR count). The normalized spacial score (nSPS) is 14.4. The summed E-state index contributed by atoms with van der Waals surface area (Å²) in [4.78, 5) is 19.5. The fraction of sp³-hybridized carbons (Fsp3) is 0.500. The van der Waals surface area contributed by atoms with Crippen LogP contribution in [0.4, 0.5) is 0 Å². The molecule has 4 N–H and O–H groups in total. The Morgan fingerprint density at radius 2 is 1.09 bits per heavy atom. The van der Waals surface area contributed by atoms with E-state index in [9.17, 15) is 9.59 Å². The van der Waals surface area contributed by atoms with Gasteiger partial charge in [-0.15, -0.1) is 0 Å². The molecule has 0 aliphatic heterocycles. The molecule has 0 aromatic rings. The Morgan fingerprint density at radius 3 is 1.18 bits per heavy atom. The summed E-state index contributed by atoms with van der Waals surface area (Å²) in [6.07, 6.45) is -4.53. The molecule has 2 unspecified atom stereocenters. The first-order chi connectivity index (χ1) is 4.46. The molecule has 0 fully saturated rings. The van der Waals surface area contributed by atoms with Crippen molar-refractivity contribution in [3.8, 4) is 0 Å². The van der Waals surface area contributed by atoms with Crippen molar-refractivity contribution in [2.24, 2.45) is 0 Å². The summed E-state index contributed by atoms with van der Waals surface area (Å²) in [5.74, 6) is -3.54. The molecule has 6 nitrogen and oxygen atoms in total. The Kier molecular flexibility index (Phi) is 6.16. The minimum atomic E-state index is -2.27. The molecule has 11 heavy (non-hydrogen) atoms. The van der Waals surface area contributed by atoms with Gasteiger partial charge in [0.2, 0.25) is 0 Å². The number of aliphatic hydroxyl groups excluding tert-OH is 2. The number of hydrogen-bond acceptors (Lipinski definition) is 4. The van der Waals surface area contributed by atoms with E-state index in [1.807, 2.05) is 0 Å². The Bertz CT molecular complexity index is 139. The van der Waals surface area contributed by atoms with E-state index in [0.29, 0.717) is 0 Å². The Balaban J connectivity index is 0. The molecule has 0 saturated carbocycles. The molecule has 7 heteroatoms. The van der Waals surface area contributed by atoms with Gasteiger partial charge in [-0.1, -0.05) is 0 Å². The van der Waals surface area contributed by atoms with E-state index in [4.69, 9.17) is 20.4 Å². The van der Waals surface area contributed by atoms with Crippen LogP contribution in [0.15, 0.2) is 0 Å². The maximum Gasteiger partial charge on any atom is 0.335 e. The van der Waals surface area contributed by atoms with Gasteiger partial charge in [0.1, 0.15) is 0 Å². The van der Waals surface area contributed by atoms with E-state index in [1.165, 1.54) is 0 Å². The molecule has 0 aromatic heterocycles. The number of rotatable bonds is 3. The van der Waals surface area contributed by atoms with Crippen LogP contribution in [0.1, 0.15) is 0 Å². The molecular weight excluding hydrogens is 247 g/mol. The summed E-state index contributed by atoms with van der Waals surface area (Å²) < 4.78 is 0. The number of carbonyl (C=O) groups is 2. The Hall–Kier alpha value is -0.517. The van der Waals surface area contributed by atoms with Crippen molar-refractivity contribution in [1.29, 1.82) is 0 Å². The van der Waals surface area contributed by atoms with Crippen molar-refractivity contribution in [1.82, 2.24) is 0 Å². The summed E-state index contributed by atoms with van der Waals surface area (Å²) in [7, 11) is 0. The average Bonchev–Trinajstić information content (AvgIpc) is 1.84. The summed E-state index contributed by atoms with van der Waals surface area (Å²) in [6.45, 7) is 0. The van der Waals surface area contributed by atoms with Crippen molar-refractivity contribution in [3.05, 3.63) is 0 Å². The maximum absolute atomic E-state index is 9.77. The molecule has 1 radical (unpaired) electrons. The van der Waals surface area contributed by atoms with E-state index in [-0.39, 0.29) is 19.5 Å². The fourth-order valence-electron chi connectivity index (χ4n) is 0.270. The third kappa shape index (κ3) is 4.03. The van der Waals surface area contributed by atoms with Gasteiger partial charge in [0, 0.05) is 19.5 Å². The molecule has 0 saturated heterocycles. The zero-order chi connectivity index (χ0) is 8.31. The fourth-order valence-corrected chi connectivity index (χ4v) is 0.270. The number of hydrogen-bond donors (Lipinski definition) is 4. The van der Waals surface area contributed by atoms with Gasteiger partial charge in [0.05, 0.1) is 0 Å². The molecule has 67 valence electrons. The van der Waals surface area contributed by atoms with Crippen LogP contribution >= 0.6 is 0 Å². The Labute approximate surface area is 74.2 Å². The summed E-state index contributed by atoms with van der Waals surface area (Å²) >= 11 is 0. The zero-order valence-corrected chi connectivity index (χ0v) is 6.73. The number of aliphatic hydroxyl groups is 2. The van der Waals surface area contributed by atoms with Gasteiger partial charge in [-0.2, -0.15) is 0 Å². The second-order valence-electron chi connectivity index (χ2n) is 1.57. The Morgan fingerprint density at radius 1 is 0.909 bits per heavy atom. The van der Waals surface area contributed by atoms with E-state index < -0.39 is 24.1 Å². The average molecular weight is 253 g/mol. The van der Waals surface area contributed by atoms with Crippen molar-refractivity contribution < 1.29 is 49.5 Å². The van der Waals surface area contributed by atoms with E-state index in [1.54, 1.807) is 0 Å². The minimum absolute atomic E-state index is 0. The first-order valence-corrected chi connectivity index (χ1v) is 2.28. The van der Waals surface area contributed by atoms with Crippen LogP contribution in [-0.2, 0) is 29.1 Å². The van der Waals surface area contributed by atoms with E-state index >= 15 is 0 Å². The standard InChI is InChI=1S/C4H6O6.Rh/c5-1(3(7)8)2(6)4(9)10;/h1-2,5-6H,(H,7,8)(H,9,10);. The van der Waals surface area contributed by atoms with Crippen molar-refractivity contribution in [3.63, 3.8) is 0 Å². The van der Waals surface area contributed by atoms with Gasteiger partial charge >= 0.3 is 11.9 Å². The van der Waals surface area contributed by atoms with Gasteiger partial charge in [-0.25, -0.2) is 9.59 Å². The molecule has 0 aliphatic rings. The van der Waals surface area contributed by atoms with Gasteiger partial charge in [-0.05, 0) is 0 Å². The minimum Gasteiger partial charge on any atom is -0.479 e. The second-order valence-corrected chi connectivity index (χ2v) is 1.57. The van der Waals surface area contributed by atoms with Crippen LogP contribution in [0.25, 0.3) is 0 Å². The van der Waals surface area contributed by atoms with Crippen LogP contribution < -0.4 is 0 Å². The summed E-state index contributed by atoms with van der Waals surface area (Å²) in [5.41, 5.74) is 0. The SMILES string of the molecule is O=C(O)C(O)C(O)C(=O)O.[Rh]. The predicted molar refractivity (Wildman–Crippen MR) is 27.3 cm³/mol. The molecule has 2 atom stereocenters. The number of carboxylic acid groups (broad SMARTS) is 2. The maximum atomic E-state index is 9.77. The van der Waals surface area contributed by atoms with E-state index in [2.05, 4.69) is 0 Å². The largest absolute Gasteiger partial charge is 0.479 e. The van der Waals surface area contributed by atoms with Crippen LogP contribution in [0.3, 0.4) is 0 Å². The third-order valence-electron chi connectivity index (χ3n) is 0.805. The van der Waals surface area contributed by atoms with Gasteiger partial charge in [0.15, 0.2) is 12.2 Å². The van der Waals surface area contributed by atoms with Crippen molar-refractivity contribution >= 4 is 11.9 Å². The van der Waals surface area contributed by atoms with Crippen LogP contribution in [0.5, 0.6) is 0 Å². The molecular formula is C4H6O6Rh. The molecule has 0 amide bonds. The predicted octanol–water partition coefficient (Wildman–Crippen LogP) is -2.13. The molecule has 0 aliphatic carbocycles. The second kappa shape index (κ2) is 5.18. The molecule has 0 aromatic carbocycles. The van der Waals surface area contributed by atoms with Gasteiger partial charge in [-0.3, -0.25) is 0 Å². The zero-order valence-electron chi connectivity index (χ0n) is 5.09. The van der Waals surface area contributed by atoms with Crippen LogP contribution in [0.2, 0.25) is 0 Å². The van der Waals surface area contributed by atoms with Gasteiger partial charge < -0.3 is 20.4 Å². The topological polar surface area (TPSA) is 115 Å². The van der Waals surface area contributed by atoms with Gasteiger partial charge in [0.25, 0.3) is 0 Å². The van der Waals surface area contributed by atoms with Crippen molar-refractivity contribution in [2.45, 2.75) is 12.2 Å². The first-order valence-electron chi connectivity index (χ1n) is 2.28. The first kappa shape index (κ1) is 13.1. The number of carboxylic acids is 2. The molecule has 0 bridgehead atoms. The van der Waals surface area contributed by atoms with Crippen LogP contribution in [0, 0.1) is 0 Å². The smallest absolute Gasteiger partial charge is 0.335 e.